The van der Waals surface area contributed by atoms with Crippen molar-refractivity contribution in [3.63, 3.8) is 0 Å². The van der Waals surface area contributed by atoms with Gasteiger partial charge in [-0.05, 0) is 31.1 Å². The van der Waals surface area contributed by atoms with Crippen LogP contribution in [-0.2, 0) is 0 Å². The van der Waals surface area contributed by atoms with Crippen molar-refractivity contribution in [2.75, 3.05) is 0 Å². The zero-order valence-corrected chi connectivity index (χ0v) is 7.35. The lowest BCUT2D eigenvalue weighted by molar-refractivity contribution is 0.684. The van der Waals surface area contributed by atoms with Crippen molar-refractivity contribution in [1.82, 2.24) is 0 Å². The summed E-state index contributed by atoms with van der Waals surface area (Å²) < 4.78 is 0. The van der Waals surface area contributed by atoms with Gasteiger partial charge in [0.2, 0.25) is 0 Å². The van der Waals surface area contributed by atoms with E-state index in [0.29, 0.717) is 0 Å². The Balaban J connectivity index is 2.29. The third kappa shape index (κ3) is 0.509. The summed E-state index contributed by atoms with van der Waals surface area (Å²) in [7, 11) is 1.34. The average Bonchev–Trinajstić information content (AvgIpc) is 2.23. The highest BCUT2D eigenvalue weighted by Crippen LogP contribution is 2.41. The minimum Gasteiger partial charge on any atom is -0.0923 e. The molecule has 1 heteroatoms. The maximum Gasteiger partial charge on any atom is 0.0332 e. The van der Waals surface area contributed by atoms with Crippen molar-refractivity contribution in [3.8, 4) is 0 Å². The average molecular weight is 124 g/mol. The Bertz CT molecular complexity index is 137. The van der Waals surface area contributed by atoms with Crippen molar-refractivity contribution in [2.45, 2.75) is 19.3 Å². The SMILES string of the molecule is [SiH3]C1=CC2CCC1C2. The van der Waals surface area contributed by atoms with E-state index in [1.807, 2.05) is 0 Å². The van der Waals surface area contributed by atoms with E-state index in [1.54, 1.807) is 5.20 Å². The standard InChI is InChI=1S/C7H12Si/c8-7-4-5-1-2-6(7)3-5/h4-6H,1-3H2,8H3. The molecule has 0 N–H and O–H groups in total. The third-order valence-corrected chi connectivity index (χ3v) is 3.77. The Kier molecular flexibility index (Phi) is 0.882. The van der Waals surface area contributed by atoms with E-state index < -0.39 is 0 Å². The fourth-order valence-electron chi connectivity index (χ4n) is 2.09. The molecule has 0 heterocycles. The molecule has 0 spiro atoms. The first-order valence-electron chi connectivity index (χ1n) is 3.54. The predicted octanol–water partition coefficient (Wildman–Crippen LogP) is 0.666. The van der Waals surface area contributed by atoms with Crippen LogP contribution in [0.2, 0.25) is 0 Å². The van der Waals surface area contributed by atoms with Gasteiger partial charge in [-0.25, -0.2) is 0 Å². The predicted molar refractivity (Wildman–Crippen MR) is 38.9 cm³/mol. The van der Waals surface area contributed by atoms with Gasteiger partial charge in [0.05, 0.1) is 0 Å². The number of hydrogen-bond acceptors (Lipinski definition) is 0. The summed E-state index contributed by atoms with van der Waals surface area (Å²) in [5, 5.41) is 1.81. The van der Waals surface area contributed by atoms with E-state index >= 15 is 0 Å². The molecule has 2 atom stereocenters. The highest BCUT2D eigenvalue weighted by atomic mass is 28.1. The van der Waals surface area contributed by atoms with Gasteiger partial charge in [-0.15, -0.1) is 0 Å². The number of hydrogen-bond donors (Lipinski definition) is 0. The summed E-state index contributed by atoms with van der Waals surface area (Å²) in [6.07, 6.45) is 7.05. The summed E-state index contributed by atoms with van der Waals surface area (Å²) in [6.45, 7) is 0. The second-order valence-corrected chi connectivity index (χ2v) is 4.34. The van der Waals surface area contributed by atoms with Crippen molar-refractivity contribution in [1.29, 1.82) is 0 Å². The van der Waals surface area contributed by atoms with E-state index in [9.17, 15) is 0 Å². The van der Waals surface area contributed by atoms with Gasteiger partial charge in [0.25, 0.3) is 0 Å². The zero-order chi connectivity index (χ0) is 5.56. The molecule has 1 saturated carbocycles. The summed E-state index contributed by atoms with van der Waals surface area (Å²) in [6, 6.07) is 0. The lowest BCUT2D eigenvalue weighted by Gasteiger charge is -2.05. The second kappa shape index (κ2) is 1.47. The van der Waals surface area contributed by atoms with E-state index in [0.717, 1.165) is 11.8 Å². The lowest BCUT2D eigenvalue weighted by atomic mass is 10.1. The molecule has 2 bridgehead atoms. The van der Waals surface area contributed by atoms with Gasteiger partial charge in [0, 0.05) is 10.2 Å². The molecule has 2 rings (SSSR count). The van der Waals surface area contributed by atoms with Gasteiger partial charge >= 0.3 is 0 Å². The Morgan fingerprint density at radius 3 is 2.62 bits per heavy atom. The van der Waals surface area contributed by atoms with Crippen LogP contribution in [0.4, 0.5) is 0 Å². The van der Waals surface area contributed by atoms with Crippen LogP contribution in [0.1, 0.15) is 19.3 Å². The summed E-state index contributed by atoms with van der Waals surface area (Å²) in [5.41, 5.74) is 0. The van der Waals surface area contributed by atoms with Crippen molar-refractivity contribution in [2.24, 2.45) is 11.8 Å². The molecular weight excluding hydrogens is 112 g/mol. The van der Waals surface area contributed by atoms with Crippen molar-refractivity contribution >= 4 is 10.2 Å². The molecule has 0 aromatic heterocycles. The first kappa shape index (κ1) is 4.80. The maximum atomic E-state index is 2.53. The quantitative estimate of drug-likeness (QED) is 0.416. The Labute approximate surface area is 53.4 Å². The van der Waals surface area contributed by atoms with E-state index in [1.165, 1.54) is 29.5 Å². The third-order valence-electron chi connectivity index (χ3n) is 2.62. The molecule has 0 aliphatic heterocycles. The highest BCUT2D eigenvalue weighted by molar-refractivity contribution is 6.22. The molecule has 0 saturated heterocycles. The van der Waals surface area contributed by atoms with Crippen molar-refractivity contribution < 1.29 is 0 Å². The fraction of sp³-hybridized carbons (Fsp3) is 0.714. The molecule has 2 unspecified atom stereocenters. The first-order chi connectivity index (χ1) is 3.86. The van der Waals surface area contributed by atoms with Gasteiger partial charge < -0.3 is 0 Å². The van der Waals surface area contributed by atoms with Crippen LogP contribution in [0.15, 0.2) is 11.3 Å². The normalized spacial score (nSPS) is 43.2. The number of rotatable bonds is 0. The second-order valence-electron chi connectivity index (χ2n) is 3.18. The van der Waals surface area contributed by atoms with Gasteiger partial charge in [-0.2, -0.15) is 0 Å². The summed E-state index contributed by atoms with van der Waals surface area (Å²) >= 11 is 0. The summed E-state index contributed by atoms with van der Waals surface area (Å²) in [5.74, 6) is 2.08. The number of allylic oxidation sites excluding steroid dienone is 2. The highest BCUT2D eigenvalue weighted by Gasteiger charge is 2.29. The van der Waals surface area contributed by atoms with Crippen LogP contribution in [0.25, 0.3) is 0 Å². The van der Waals surface area contributed by atoms with Crippen LogP contribution < -0.4 is 0 Å². The van der Waals surface area contributed by atoms with Crippen LogP contribution in [0.3, 0.4) is 0 Å². The minimum absolute atomic E-state index is 1.02. The van der Waals surface area contributed by atoms with E-state index in [-0.39, 0.29) is 0 Å². The smallest absolute Gasteiger partial charge is 0.0332 e. The van der Waals surface area contributed by atoms with Crippen LogP contribution in [0.5, 0.6) is 0 Å². The van der Waals surface area contributed by atoms with Crippen molar-refractivity contribution in [3.05, 3.63) is 11.3 Å². The van der Waals surface area contributed by atoms with Gasteiger partial charge in [-0.1, -0.05) is 11.3 Å². The van der Waals surface area contributed by atoms with Gasteiger partial charge in [0.15, 0.2) is 0 Å². The first-order valence-corrected chi connectivity index (χ1v) is 4.54. The molecule has 44 valence electrons. The molecule has 2 aliphatic carbocycles. The molecule has 8 heavy (non-hydrogen) atoms. The Morgan fingerprint density at radius 2 is 2.38 bits per heavy atom. The molecule has 0 radical (unpaired) electrons. The minimum atomic E-state index is 1.02. The van der Waals surface area contributed by atoms with Crippen LogP contribution in [-0.4, -0.2) is 10.2 Å². The molecule has 0 aromatic rings. The summed E-state index contributed by atoms with van der Waals surface area (Å²) in [4.78, 5) is 0. The zero-order valence-electron chi connectivity index (χ0n) is 5.35. The van der Waals surface area contributed by atoms with Gasteiger partial charge in [-0.3, -0.25) is 0 Å². The molecule has 0 aromatic carbocycles. The topological polar surface area (TPSA) is 0 Å². The van der Waals surface area contributed by atoms with Crippen LogP contribution in [0, 0.1) is 11.8 Å². The largest absolute Gasteiger partial charge is 0.0923 e. The lowest BCUT2D eigenvalue weighted by Crippen LogP contribution is -1.95. The van der Waals surface area contributed by atoms with E-state index in [2.05, 4.69) is 6.08 Å². The Morgan fingerprint density at radius 1 is 1.50 bits per heavy atom. The molecule has 1 fully saturated rings. The maximum absolute atomic E-state index is 2.53. The molecular formula is C7H12Si. The monoisotopic (exact) mass is 124 g/mol. The Hall–Kier alpha value is -0.0431. The van der Waals surface area contributed by atoms with E-state index in [4.69, 9.17) is 0 Å². The molecule has 0 nitrogen and oxygen atoms in total. The van der Waals surface area contributed by atoms with Gasteiger partial charge in [0.1, 0.15) is 0 Å². The molecule has 0 amide bonds. The number of fused-ring (bicyclic) bond motifs is 2. The molecule has 2 aliphatic rings. The van der Waals surface area contributed by atoms with Crippen LogP contribution >= 0.6 is 0 Å². The fourth-order valence-corrected chi connectivity index (χ4v) is 3.09.